The normalized spacial score (nSPS) is 15.5. The first-order valence-electron chi connectivity index (χ1n) is 11.7. The van der Waals surface area contributed by atoms with Crippen LogP contribution in [0.3, 0.4) is 0 Å². The molecular weight excluding hydrogens is 468 g/mol. The van der Waals surface area contributed by atoms with Crippen LogP contribution in [0.2, 0.25) is 0 Å². The lowest BCUT2D eigenvalue weighted by Crippen LogP contribution is -2.37. The molecule has 2 aliphatic rings. The predicted octanol–water partition coefficient (Wildman–Crippen LogP) is 2.72. The van der Waals surface area contributed by atoms with Crippen molar-refractivity contribution in [2.75, 3.05) is 44.5 Å². The van der Waals surface area contributed by atoms with Gasteiger partial charge in [0.05, 0.1) is 31.3 Å². The number of nitrogens with one attached hydrogen (secondary N) is 1. The van der Waals surface area contributed by atoms with Crippen molar-refractivity contribution >= 4 is 40.6 Å². The molecule has 2 aliphatic heterocycles. The maximum absolute atomic E-state index is 12.3. The molecule has 184 valence electrons. The largest absolute Gasteiger partial charge is 0.454 e. The number of thioether (sulfide) groups is 1. The molecule has 0 atom stereocenters. The topological polar surface area (TPSA) is 104 Å². The lowest BCUT2D eigenvalue weighted by Gasteiger charge is -2.28. The molecule has 0 saturated carbocycles. The molecule has 1 fully saturated rings. The smallest absolute Gasteiger partial charge is 0.244 e. The molecule has 1 N–H and O–H groups in total. The Morgan fingerprint density at radius 2 is 2.03 bits per heavy atom. The van der Waals surface area contributed by atoms with Crippen molar-refractivity contribution in [2.45, 2.75) is 30.8 Å². The number of benzene rings is 1. The number of rotatable bonds is 8. The number of aromatic nitrogens is 4. The van der Waals surface area contributed by atoms with Gasteiger partial charge in [-0.05, 0) is 23.8 Å². The molecule has 10 nitrogen and oxygen atoms in total. The first kappa shape index (κ1) is 23.4. The molecule has 11 heteroatoms. The van der Waals surface area contributed by atoms with Crippen LogP contribution in [0.5, 0.6) is 11.5 Å². The van der Waals surface area contributed by atoms with E-state index in [1.807, 2.05) is 29.1 Å². The van der Waals surface area contributed by atoms with Gasteiger partial charge in [0.25, 0.3) is 0 Å². The van der Waals surface area contributed by atoms with E-state index in [2.05, 4.69) is 29.2 Å². The van der Waals surface area contributed by atoms with Crippen molar-refractivity contribution in [1.29, 1.82) is 0 Å². The molecule has 3 aromatic rings. The Morgan fingerprint density at radius 1 is 1.20 bits per heavy atom. The average Bonchev–Trinajstić information content (AvgIpc) is 3.49. The summed E-state index contributed by atoms with van der Waals surface area (Å²) in [4.78, 5) is 24.2. The molecule has 35 heavy (non-hydrogen) atoms. The van der Waals surface area contributed by atoms with E-state index in [0.717, 1.165) is 40.7 Å². The van der Waals surface area contributed by atoms with Crippen LogP contribution in [0.15, 0.2) is 35.6 Å². The highest BCUT2D eigenvalue weighted by atomic mass is 32.2. The highest BCUT2D eigenvalue weighted by Crippen LogP contribution is 2.33. The maximum Gasteiger partial charge on any atom is 0.244 e. The summed E-state index contributed by atoms with van der Waals surface area (Å²) < 4.78 is 18.0. The first-order chi connectivity index (χ1) is 17.1. The highest BCUT2D eigenvalue weighted by molar-refractivity contribution is 7.99. The summed E-state index contributed by atoms with van der Waals surface area (Å²) in [5.41, 5.74) is 1.64. The summed E-state index contributed by atoms with van der Waals surface area (Å²) in [6, 6.07) is 5.56. The van der Waals surface area contributed by atoms with E-state index >= 15 is 0 Å². The van der Waals surface area contributed by atoms with Crippen molar-refractivity contribution in [3.8, 4) is 11.5 Å². The molecule has 0 unspecified atom stereocenters. The Kier molecular flexibility index (Phi) is 7.05. The number of amides is 1. The number of carbonyl (C=O) groups excluding carboxylic acids is 1. The third-order valence-corrected chi connectivity index (χ3v) is 6.42. The molecule has 4 heterocycles. The van der Waals surface area contributed by atoms with Gasteiger partial charge in [0.2, 0.25) is 12.7 Å². The van der Waals surface area contributed by atoms with Gasteiger partial charge >= 0.3 is 0 Å². The Balaban J connectivity index is 1.26. The Bertz CT molecular complexity index is 1240. The minimum Gasteiger partial charge on any atom is -0.454 e. The van der Waals surface area contributed by atoms with Crippen LogP contribution in [0.25, 0.3) is 17.1 Å². The minimum atomic E-state index is -0.182. The summed E-state index contributed by atoms with van der Waals surface area (Å²) in [5.74, 6) is 2.11. The van der Waals surface area contributed by atoms with Gasteiger partial charge in [-0.3, -0.25) is 4.79 Å². The van der Waals surface area contributed by atoms with Crippen LogP contribution in [-0.4, -0.2) is 70.5 Å². The van der Waals surface area contributed by atoms with Crippen LogP contribution in [0.1, 0.15) is 19.4 Å². The third kappa shape index (κ3) is 5.51. The fraction of sp³-hybridized carbons (Fsp3) is 0.417. The van der Waals surface area contributed by atoms with Gasteiger partial charge in [0, 0.05) is 31.0 Å². The van der Waals surface area contributed by atoms with Crippen LogP contribution in [0.4, 0.5) is 5.82 Å². The number of anilines is 1. The fourth-order valence-corrected chi connectivity index (χ4v) is 4.60. The second-order valence-electron chi connectivity index (χ2n) is 8.44. The van der Waals surface area contributed by atoms with Crippen molar-refractivity contribution in [3.63, 3.8) is 0 Å². The molecule has 1 saturated heterocycles. The Labute approximate surface area is 207 Å². The SMILES string of the molecule is CC(C)Sc1nc(N2CCOCC2)c2cnn(CCNC(=O)/C=C\c3ccc4c(c3)OCO4)c2n1. The molecule has 0 radical (unpaired) electrons. The minimum absolute atomic E-state index is 0.182. The lowest BCUT2D eigenvalue weighted by atomic mass is 10.2. The van der Waals surface area contributed by atoms with Crippen LogP contribution in [-0.2, 0) is 16.1 Å². The number of hydrogen-bond acceptors (Lipinski definition) is 9. The van der Waals surface area contributed by atoms with E-state index in [4.69, 9.17) is 24.2 Å². The van der Waals surface area contributed by atoms with Gasteiger partial charge in [-0.2, -0.15) is 5.10 Å². The second-order valence-corrected chi connectivity index (χ2v) is 9.98. The fourth-order valence-electron chi connectivity index (χ4n) is 3.90. The summed E-state index contributed by atoms with van der Waals surface area (Å²) >= 11 is 1.63. The van der Waals surface area contributed by atoms with Crippen molar-refractivity contribution in [2.24, 2.45) is 0 Å². The second kappa shape index (κ2) is 10.5. The molecule has 0 bridgehead atoms. The number of nitrogens with zero attached hydrogens (tertiary/aromatic N) is 5. The molecule has 0 spiro atoms. The highest BCUT2D eigenvalue weighted by Gasteiger charge is 2.20. The van der Waals surface area contributed by atoms with E-state index in [1.54, 1.807) is 17.8 Å². The number of fused-ring (bicyclic) bond motifs is 2. The Morgan fingerprint density at radius 3 is 2.86 bits per heavy atom. The molecule has 5 rings (SSSR count). The van der Waals surface area contributed by atoms with E-state index in [0.29, 0.717) is 43.1 Å². The zero-order valence-electron chi connectivity index (χ0n) is 19.8. The molecule has 1 aromatic carbocycles. The first-order valence-corrected chi connectivity index (χ1v) is 12.5. The van der Waals surface area contributed by atoms with Crippen LogP contribution < -0.4 is 19.7 Å². The standard InChI is InChI=1S/C24H28N6O4S/c1-16(2)35-24-27-22(29-9-11-32-12-10-29)18-14-26-30(23(18)28-24)8-7-25-21(31)6-4-17-3-5-19-20(13-17)34-15-33-19/h3-6,13-14,16H,7-12,15H2,1-2H3,(H,25,31)/b6-4-. The zero-order valence-corrected chi connectivity index (χ0v) is 20.6. The number of hydrogen-bond donors (Lipinski definition) is 1. The van der Waals surface area contributed by atoms with E-state index < -0.39 is 0 Å². The van der Waals surface area contributed by atoms with Gasteiger partial charge in [0.15, 0.2) is 22.3 Å². The van der Waals surface area contributed by atoms with Gasteiger partial charge in [-0.1, -0.05) is 31.7 Å². The third-order valence-electron chi connectivity index (χ3n) is 5.55. The van der Waals surface area contributed by atoms with E-state index in [9.17, 15) is 4.79 Å². The van der Waals surface area contributed by atoms with E-state index in [1.165, 1.54) is 6.08 Å². The van der Waals surface area contributed by atoms with Gasteiger partial charge < -0.3 is 24.4 Å². The van der Waals surface area contributed by atoms with Crippen molar-refractivity contribution in [3.05, 3.63) is 36.0 Å². The zero-order chi connectivity index (χ0) is 24.2. The van der Waals surface area contributed by atoms with Crippen molar-refractivity contribution in [1.82, 2.24) is 25.1 Å². The van der Waals surface area contributed by atoms with Gasteiger partial charge in [0.1, 0.15) is 5.82 Å². The predicted molar refractivity (Wildman–Crippen MR) is 134 cm³/mol. The van der Waals surface area contributed by atoms with Crippen LogP contribution >= 0.6 is 11.8 Å². The summed E-state index contributed by atoms with van der Waals surface area (Å²) in [7, 11) is 0. The number of morpholine rings is 1. The maximum atomic E-state index is 12.3. The number of carbonyl (C=O) groups is 1. The van der Waals surface area contributed by atoms with Crippen molar-refractivity contribution < 1.29 is 19.0 Å². The van der Waals surface area contributed by atoms with Gasteiger partial charge in [-0.25, -0.2) is 14.6 Å². The lowest BCUT2D eigenvalue weighted by molar-refractivity contribution is -0.116. The van der Waals surface area contributed by atoms with Gasteiger partial charge in [-0.15, -0.1) is 0 Å². The average molecular weight is 497 g/mol. The summed E-state index contributed by atoms with van der Waals surface area (Å²) in [5, 5.41) is 9.46. The summed E-state index contributed by atoms with van der Waals surface area (Å²) in [6.07, 6.45) is 5.07. The quantitative estimate of drug-likeness (QED) is 0.286. The molecule has 0 aliphatic carbocycles. The van der Waals surface area contributed by atoms with E-state index in [-0.39, 0.29) is 12.7 Å². The van der Waals surface area contributed by atoms with Crippen LogP contribution in [0, 0.1) is 0 Å². The molecule has 1 amide bonds. The number of ether oxygens (including phenoxy) is 3. The monoisotopic (exact) mass is 496 g/mol. The summed E-state index contributed by atoms with van der Waals surface area (Å²) in [6.45, 7) is 8.32. The Hall–Kier alpha value is -3.31. The molecule has 2 aromatic heterocycles. The molecular formula is C24H28N6O4S.